The zero-order valence-corrected chi connectivity index (χ0v) is 27.5. The second-order valence-electron chi connectivity index (χ2n) is 12.6. The number of carbonyl (C=O) groups is 2. The number of aromatic nitrogens is 1. The van der Waals surface area contributed by atoms with Crippen LogP contribution >= 0.6 is 11.6 Å². The highest BCUT2D eigenvalue weighted by Gasteiger charge is 2.37. The molecule has 0 unspecified atom stereocenters. The SMILES string of the molecule is Cc1cc2cc(c1F)[C@@H](CC(=O)O)NC(=O)[C@@H](n1cc(CCN3CC(F)C3)c(C(F)(F)F)cc1=O)c1cc(ccc1Cl)Oc1cccc(C)c1-2. The number of carboxylic acids is 1. The largest absolute Gasteiger partial charge is 0.481 e. The number of amides is 1. The van der Waals surface area contributed by atoms with Crippen molar-refractivity contribution in [1.29, 1.82) is 0 Å². The molecule has 4 bridgehead atoms. The Hall–Kier alpha value is -4.75. The number of likely N-dealkylation sites (tertiary alicyclic amines) is 1. The molecule has 3 heterocycles. The predicted molar refractivity (Wildman–Crippen MR) is 175 cm³/mol. The molecule has 262 valence electrons. The smallest absolute Gasteiger partial charge is 0.416 e. The second-order valence-corrected chi connectivity index (χ2v) is 13.0. The van der Waals surface area contributed by atoms with Crippen LogP contribution in [0.2, 0.25) is 5.02 Å². The maximum atomic E-state index is 15.9. The third-order valence-corrected chi connectivity index (χ3v) is 9.32. The first-order valence-electron chi connectivity index (χ1n) is 15.7. The van der Waals surface area contributed by atoms with Crippen LogP contribution in [0, 0.1) is 19.7 Å². The van der Waals surface area contributed by atoms with Crippen LogP contribution in [-0.2, 0) is 22.2 Å². The zero-order valence-electron chi connectivity index (χ0n) is 26.8. The molecule has 1 amide bonds. The number of fused-ring (bicyclic) bond motifs is 6. The van der Waals surface area contributed by atoms with E-state index in [1.54, 1.807) is 23.1 Å². The monoisotopic (exact) mass is 715 g/mol. The number of rotatable bonds is 6. The fourth-order valence-corrected chi connectivity index (χ4v) is 6.74. The van der Waals surface area contributed by atoms with Gasteiger partial charge in [0.25, 0.3) is 5.56 Å². The second kappa shape index (κ2) is 13.5. The van der Waals surface area contributed by atoms with Crippen molar-refractivity contribution in [2.45, 2.75) is 51.1 Å². The summed E-state index contributed by atoms with van der Waals surface area (Å²) in [4.78, 5) is 41.7. The van der Waals surface area contributed by atoms with Gasteiger partial charge in [0, 0.05) is 53.6 Å². The minimum atomic E-state index is -4.93. The Labute approximate surface area is 288 Å². The first kappa shape index (κ1) is 35.1. The Bertz CT molecular complexity index is 2060. The van der Waals surface area contributed by atoms with Crippen LogP contribution in [0.25, 0.3) is 11.1 Å². The Morgan fingerprint density at radius 3 is 2.46 bits per heavy atom. The molecule has 0 radical (unpaired) electrons. The highest BCUT2D eigenvalue weighted by atomic mass is 35.5. The molecule has 0 spiro atoms. The highest BCUT2D eigenvalue weighted by Crippen LogP contribution is 2.41. The van der Waals surface area contributed by atoms with E-state index in [1.165, 1.54) is 31.2 Å². The molecule has 0 aliphatic carbocycles. The molecular weight excluding hydrogens is 685 g/mol. The number of alkyl halides is 4. The van der Waals surface area contributed by atoms with Gasteiger partial charge in [-0.3, -0.25) is 23.9 Å². The number of hydrogen-bond donors (Lipinski definition) is 2. The lowest BCUT2D eigenvalue weighted by atomic mass is 9.92. The molecule has 2 atom stereocenters. The van der Waals surface area contributed by atoms with Crippen LogP contribution in [-0.4, -0.2) is 52.3 Å². The van der Waals surface area contributed by atoms with Crippen molar-refractivity contribution >= 4 is 23.5 Å². The van der Waals surface area contributed by atoms with E-state index in [0.29, 0.717) is 22.9 Å². The number of halogens is 6. The molecule has 8 nitrogen and oxygen atoms in total. The van der Waals surface area contributed by atoms with Gasteiger partial charge in [0.05, 0.1) is 18.0 Å². The molecule has 1 fully saturated rings. The van der Waals surface area contributed by atoms with Gasteiger partial charge in [-0.15, -0.1) is 0 Å². The topological polar surface area (TPSA) is 101 Å². The van der Waals surface area contributed by atoms with Crippen LogP contribution in [0.4, 0.5) is 22.0 Å². The number of hydrogen-bond acceptors (Lipinski definition) is 5. The molecule has 2 aliphatic rings. The summed E-state index contributed by atoms with van der Waals surface area (Å²) < 4.78 is 79.0. The van der Waals surface area contributed by atoms with Crippen molar-refractivity contribution in [1.82, 2.24) is 14.8 Å². The number of aliphatic carboxylic acids is 1. The number of carbonyl (C=O) groups excluding carboxylic acids is 1. The van der Waals surface area contributed by atoms with E-state index in [2.05, 4.69) is 5.32 Å². The maximum absolute atomic E-state index is 15.9. The third-order valence-electron chi connectivity index (χ3n) is 8.97. The lowest BCUT2D eigenvalue weighted by Gasteiger charge is -2.34. The molecule has 50 heavy (non-hydrogen) atoms. The van der Waals surface area contributed by atoms with Gasteiger partial charge in [0.2, 0.25) is 5.91 Å². The number of benzene rings is 3. The number of aryl methyl sites for hydroxylation is 2. The quantitative estimate of drug-likeness (QED) is 0.206. The molecule has 4 aromatic rings. The minimum absolute atomic E-state index is 0.0524. The van der Waals surface area contributed by atoms with E-state index in [-0.39, 0.29) is 59.1 Å². The number of carboxylic acid groups (broad SMARTS) is 1. The molecule has 14 heteroatoms. The van der Waals surface area contributed by atoms with E-state index in [9.17, 15) is 37.1 Å². The Kier molecular flexibility index (Phi) is 9.49. The van der Waals surface area contributed by atoms with Crippen LogP contribution in [0.3, 0.4) is 0 Å². The first-order valence-corrected chi connectivity index (χ1v) is 16.1. The first-order chi connectivity index (χ1) is 23.6. The number of ether oxygens (including phenoxy) is 1. The molecule has 0 saturated carbocycles. The fraction of sp³-hybridized carbons (Fsp3) is 0.306. The summed E-state index contributed by atoms with van der Waals surface area (Å²) in [6.45, 7) is 3.46. The lowest BCUT2D eigenvalue weighted by Crippen LogP contribution is -2.49. The van der Waals surface area contributed by atoms with Crippen LogP contribution < -0.4 is 15.6 Å². The normalized spacial score (nSPS) is 18.1. The number of nitrogens with zero attached hydrogens (tertiary/aromatic N) is 2. The lowest BCUT2D eigenvalue weighted by molar-refractivity contribution is -0.139. The van der Waals surface area contributed by atoms with Crippen molar-refractivity contribution in [3.05, 3.63) is 115 Å². The van der Waals surface area contributed by atoms with E-state index in [4.69, 9.17) is 16.3 Å². The molecule has 1 aromatic heterocycles. The van der Waals surface area contributed by atoms with Crippen LogP contribution in [0.1, 0.15) is 51.9 Å². The van der Waals surface area contributed by atoms with Crippen molar-refractivity contribution < 1.29 is 41.4 Å². The molecule has 3 aromatic carbocycles. The van der Waals surface area contributed by atoms with Gasteiger partial charge in [0.15, 0.2) is 0 Å². The predicted octanol–water partition coefficient (Wildman–Crippen LogP) is 7.17. The van der Waals surface area contributed by atoms with Gasteiger partial charge in [-0.25, -0.2) is 8.78 Å². The van der Waals surface area contributed by atoms with Crippen molar-refractivity contribution in [3.8, 4) is 22.6 Å². The van der Waals surface area contributed by atoms with Gasteiger partial charge in [0.1, 0.15) is 29.5 Å². The standard InChI is InChI=1S/C36H31ClF5N3O5/c1-18-4-3-5-29-32(18)21-10-19(2)33(39)25(11-21)28(14-31(47)48)43-35(49)34(24-12-23(50-29)6-7-27(24)37)45-15-20(8-9-44-16-22(38)17-44)26(13-30(45)46)36(40,41)42/h3-7,10-13,15,22,28,34H,8-9,14,16-17H2,1-2H3,(H,43,49)(H,47,48)/t28-,34+/m1/s1. The highest BCUT2D eigenvalue weighted by molar-refractivity contribution is 6.31. The zero-order chi connectivity index (χ0) is 36.1. The Balaban J connectivity index is 1.58. The van der Waals surface area contributed by atoms with Crippen LogP contribution in [0.15, 0.2) is 65.6 Å². The molecular formula is C36H31ClF5N3O5. The molecule has 1 saturated heterocycles. The number of pyridine rings is 1. The molecule has 6 rings (SSSR count). The van der Waals surface area contributed by atoms with Gasteiger partial charge in [-0.05, 0) is 78.9 Å². The number of nitrogens with one attached hydrogen (secondary N) is 1. The molecule has 2 aliphatic heterocycles. The molecule has 2 N–H and O–H groups in total. The van der Waals surface area contributed by atoms with Gasteiger partial charge < -0.3 is 15.2 Å². The fourth-order valence-electron chi connectivity index (χ4n) is 6.52. The van der Waals surface area contributed by atoms with E-state index in [1.807, 2.05) is 13.0 Å². The maximum Gasteiger partial charge on any atom is 0.416 e. The van der Waals surface area contributed by atoms with Gasteiger partial charge in [-0.1, -0.05) is 23.7 Å². The Morgan fingerprint density at radius 1 is 1.04 bits per heavy atom. The summed E-state index contributed by atoms with van der Waals surface area (Å²) in [5, 5.41) is 12.3. The van der Waals surface area contributed by atoms with E-state index >= 15 is 4.39 Å². The average molecular weight is 716 g/mol. The minimum Gasteiger partial charge on any atom is -0.481 e. The summed E-state index contributed by atoms with van der Waals surface area (Å²) in [5.74, 6) is -2.71. The van der Waals surface area contributed by atoms with Crippen molar-refractivity contribution in [3.63, 3.8) is 0 Å². The summed E-state index contributed by atoms with van der Waals surface area (Å²) in [6, 6.07) is 9.61. The summed E-state index contributed by atoms with van der Waals surface area (Å²) in [5.41, 5.74) is -1.04. The summed E-state index contributed by atoms with van der Waals surface area (Å²) >= 11 is 6.63. The van der Waals surface area contributed by atoms with Crippen molar-refractivity contribution in [2.24, 2.45) is 0 Å². The van der Waals surface area contributed by atoms with Gasteiger partial charge >= 0.3 is 12.1 Å². The van der Waals surface area contributed by atoms with E-state index in [0.717, 1.165) is 16.3 Å². The van der Waals surface area contributed by atoms with Crippen molar-refractivity contribution in [2.75, 3.05) is 19.6 Å². The average Bonchev–Trinajstić information content (AvgIpc) is 3.02. The van der Waals surface area contributed by atoms with E-state index < -0.39 is 59.7 Å². The summed E-state index contributed by atoms with van der Waals surface area (Å²) in [6.07, 6.45) is -6.11. The van der Waals surface area contributed by atoms with Crippen LogP contribution in [0.5, 0.6) is 11.5 Å². The summed E-state index contributed by atoms with van der Waals surface area (Å²) in [7, 11) is 0. The Morgan fingerprint density at radius 2 is 1.78 bits per heavy atom. The van der Waals surface area contributed by atoms with Gasteiger partial charge in [-0.2, -0.15) is 13.2 Å². The third kappa shape index (κ3) is 6.97.